The molecular weight excluding hydrogens is 697 g/mol. The second-order valence-corrected chi connectivity index (χ2v) is 14.4. The van der Waals surface area contributed by atoms with Gasteiger partial charge in [-0.15, -0.1) is 6.58 Å². The molecule has 3 aromatic carbocycles. The summed E-state index contributed by atoms with van der Waals surface area (Å²) < 4.78 is 3.62. The van der Waals surface area contributed by atoms with Gasteiger partial charge in [-0.1, -0.05) is 66.7 Å². The van der Waals surface area contributed by atoms with Crippen molar-refractivity contribution in [3.63, 3.8) is 0 Å². The summed E-state index contributed by atoms with van der Waals surface area (Å²) in [4.78, 5) is 61.8. The number of nitrogens with zero attached hydrogens (tertiary/aromatic N) is 8. The number of rotatable bonds is 12. The SMILES string of the molecule is C=CCN1CC(=O)N2[C@@H](Cc3ccc(O)cc3)C(=O)N(Cc3cccc4c(C(=O)N(C)Cc5cnn(C)c5)cn(C)c34)C[C@@H]2N1C(=O)CCc1ccccc1. The highest BCUT2D eigenvalue weighted by molar-refractivity contribution is 6.07. The van der Waals surface area contributed by atoms with E-state index in [1.165, 1.54) is 0 Å². The molecule has 7 rings (SSSR count). The van der Waals surface area contributed by atoms with Gasteiger partial charge in [-0.25, -0.2) is 10.0 Å². The maximum Gasteiger partial charge on any atom is 0.256 e. The minimum absolute atomic E-state index is 0.0757. The molecule has 2 aromatic heterocycles. The molecule has 4 amide bonds. The molecule has 13 nitrogen and oxygen atoms in total. The number of carbonyl (C=O) groups excluding carboxylic acids is 4. The monoisotopic (exact) mass is 742 g/mol. The summed E-state index contributed by atoms with van der Waals surface area (Å²) in [5.41, 5.74) is 4.89. The van der Waals surface area contributed by atoms with Crippen LogP contribution in [0.2, 0.25) is 0 Å². The van der Waals surface area contributed by atoms with Gasteiger partial charge < -0.3 is 24.4 Å². The van der Waals surface area contributed by atoms with Crippen LogP contribution in [0.15, 0.2) is 104 Å². The van der Waals surface area contributed by atoms with E-state index in [2.05, 4.69) is 11.7 Å². The third kappa shape index (κ3) is 7.60. The van der Waals surface area contributed by atoms with Crippen molar-refractivity contribution in [2.24, 2.45) is 14.1 Å². The molecule has 5 aromatic rings. The molecule has 55 heavy (non-hydrogen) atoms. The molecule has 2 aliphatic heterocycles. The number of aryl methyl sites for hydroxylation is 3. The summed E-state index contributed by atoms with van der Waals surface area (Å²) in [6.45, 7) is 4.76. The van der Waals surface area contributed by atoms with E-state index in [-0.39, 0.29) is 68.4 Å². The quantitative estimate of drug-likeness (QED) is 0.193. The first kappa shape index (κ1) is 37.1. The first-order valence-corrected chi connectivity index (χ1v) is 18.4. The fourth-order valence-corrected chi connectivity index (χ4v) is 7.93. The molecule has 0 aliphatic carbocycles. The standard InChI is InChI=1S/C42H46N8O5/c1-5-20-48-28-39(53)49-36(21-30-14-17-33(51)18-15-30)42(55)47(27-37(49)50(48)38(52)19-16-29-10-7-6-8-11-29)25-32-12-9-13-34-35(26-44(2)40(32)34)41(54)45(3)23-31-22-43-46(4)24-31/h5-15,17-18,22,24,26,36-37,51H,1,16,19-21,23,25,27-28H2,2-4H3/t36-,37-/m0/s1. The molecule has 2 fully saturated rings. The minimum Gasteiger partial charge on any atom is -0.508 e. The minimum atomic E-state index is -0.906. The van der Waals surface area contributed by atoms with Crippen molar-refractivity contribution in [1.29, 1.82) is 0 Å². The van der Waals surface area contributed by atoms with Gasteiger partial charge in [0.2, 0.25) is 17.7 Å². The highest BCUT2D eigenvalue weighted by atomic mass is 16.3. The van der Waals surface area contributed by atoms with Crippen LogP contribution in [0.1, 0.15) is 39.0 Å². The number of hydrogen-bond donors (Lipinski definition) is 1. The molecule has 0 unspecified atom stereocenters. The lowest BCUT2D eigenvalue weighted by molar-refractivity contribution is -0.205. The van der Waals surface area contributed by atoms with Gasteiger partial charge in [-0.2, -0.15) is 5.10 Å². The number of carbonyl (C=O) groups is 4. The fourth-order valence-electron chi connectivity index (χ4n) is 7.93. The van der Waals surface area contributed by atoms with E-state index < -0.39 is 12.2 Å². The zero-order valence-corrected chi connectivity index (χ0v) is 31.4. The first-order valence-electron chi connectivity index (χ1n) is 18.4. The molecule has 2 saturated heterocycles. The lowest BCUT2D eigenvalue weighted by atomic mass is 9.97. The average molecular weight is 743 g/mol. The highest BCUT2D eigenvalue weighted by Crippen LogP contribution is 2.32. The topological polar surface area (TPSA) is 127 Å². The van der Waals surface area contributed by atoms with Gasteiger partial charge in [-0.05, 0) is 35.2 Å². The number of piperazine rings is 1. The maximum absolute atomic E-state index is 14.7. The Kier molecular flexibility index (Phi) is 10.6. The highest BCUT2D eigenvalue weighted by Gasteiger charge is 2.51. The van der Waals surface area contributed by atoms with E-state index in [4.69, 9.17) is 0 Å². The van der Waals surface area contributed by atoms with Crippen LogP contribution in [-0.2, 0) is 54.4 Å². The Bertz CT molecular complexity index is 2230. The number of hydrazine groups is 1. The number of phenolic OH excluding ortho intramolecular Hbond substituents is 1. The van der Waals surface area contributed by atoms with Crippen molar-refractivity contribution in [2.45, 2.75) is 44.6 Å². The lowest BCUT2D eigenvalue weighted by Gasteiger charge is -2.55. The van der Waals surface area contributed by atoms with Crippen molar-refractivity contribution >= 4 is 34.5 Å². The lowest BCUT2D eigenvalue weighted by Crippen LogP contribution is -2.75. The van der Waals surface area contributed by atoms with Gasteiger partial charge in [-0.3, -0.25) is 23.9 Å². The van der Waals surface area contributed by atoms with Gasteiger partial charge in [0.25, 0.3) is 5.91 Å². The Hall–Kier alpha value is -6.21. The number of fused-ring (bicyclic) bond motifs is 2. The number of benzene rings is 3. The van der Waals surface area contributed by atoms with Crippen LogP contribution >= 0.6 is 0 Å². The van der Waals surface area contributed by atoms with Crippen molar-refractivity contribution in [3.05, 3.63) is 132 Å². The van der Waals surface area contributed by atoms with E-state index in [0.717, 1.165) is 33.2 Å². The average Bonchev–Trinajstić information content (AvgIpc) is 3.75. The normalized spacial score (nSPS) is 17.5. The van der Waals surface area contributed by atoms with Crippen LogP contribution in [-0.4, -0.2) is 107 Å². The molecule has 2 atom stereocenters. The van der Waals surface area contributed by atoms with Crippen LogP contribution in [0.4, 0.5) is 0 Å². The Labute approximate surface area is 320 Å². The molecular formula is C42H46N8O5. The molecule has 0 bridgehead atoms. The van der Waals surface area contributed by atoms with E-state index in [0.29, 0.717) is 18.5 Å². The molecule has 2 aliphatic rings. The number of amides is 4. The predicted molar refractivity (Wildman–Crippen MR) is 207 cm³/mol. The van der Waals surface area contributed by atoms with Gasteiger partial charge in [0.05, 0.1) is 30.4 Å². The number of aromatic hydroxyl groups is 1. The molecule has 284 valence electrons. The summed E-state index contributed by atoms with van der Waals surface area (Å²) in [6.07, 6.45) is 7.27. The number of phenols is 1. The van der Waals surface area contributed by atoms with Gasteiger partial charge in [0, 0.05) is 77.0 Å². The van der Waals surface area contributed by atoms with Crippen LogP contribution < -0.4 is 0 Å². The fraction of sp³-hybridized carbons (Fsp3) is 0.310. The van der Waals surface area contributed by atoms with Gasteiger partial charge in [0.15, 0.2) is 0 Å². The summed E-state index contributed by atoms with van der Waals surface area (Å²) in [5, 5.41) is 18.3. The summed E-state index contributed by atoms with van der Waals surface area (Å²) >= 11 is 0. The van der Waals surface area contributed by atoms with Gasteiger partial charge >= 0.3 is 0 Å². The molecule has 1 N–H and O–H groups in total. The summed E-state index contributed by atoms with van der Waals surface area (Å²) in [5.74, 6) is -0.699. The summed E-state index contributed by atoms with van der Waals surface area (Å²) in [7, 11) is 5.48. The Morgan fingerprint density at radius 1 is 0.964 bits per heavy atom. The molecule has 13 heteroatoms. The Morgan fingerprint density at radius 2 is 1.73 bits per heavy atom. The molecule has 0 spiro atoms. The predicted octanol–water partition coefficient (Wildman–Crippen LogP) is 3.88. The van der Waals surface area contributed by atoms with Crippen LogP contribution in [0.5, 0.6) is 5.75 Å². The number of hydrogen-bond acceptors (Lipinski definition) is 7. The van der Waals surface area contributed by atoms with Crippen molar-refractivity contribution in [1.82, 2.24) is 39.1 Å². The second kappa shape index (κ2) is 15.6. The maximum atomic E-state index is 14.7. The van der Waals surface area contributed by atoms with Gasteiger partial charge in [0.1, 0.15) is 18.0 Å². The number of aromatic nitrogens is 3. The van der Waals surface area contributed by atoms with E-state index in [1.54, 1.807) is 73.0 Å². The first-order chi connectivity index (χ1) is 26.5. The zero-order chi connectivity index (χ0) is 38.8. The van der Waals surface area contributed by atoms with E-state index in [9.17, 15) is 24.3 Å². The van der Waals surface area contributed by atoms with E-state index >= 15 is 0 Å². The van der Waals surface area contributed by atoms with Crippen LogP contribution in [0.25, 0.3) is 10.9 Å². The summed E-state index contributed by atoms with van der Waals surface area (Å²) in [6, 6.07) is 21.2. The van der Waals surface area contributed by atoms with E-state index in [1.807, 2.05) is 79.6 Å². The van der Waals surface area contributed by atoms with Crippen LogP contribution in [0.3, 0.4) is 0 Å². The zero-order valence-electron chi connectivity index (χ0n) is 31.4. The third-order valence-electron chi connectivity index (χ3n) is 10.5. The Balaban J connectivity index is 1.23. The Morgan fingerprint density at radius 3 is 2.44 bits per heavy atom. The number of para-hydroxylation sites is 1. The van der Waals surface area contributed by atoms with Crippen molar-refractivity contribution in [3.8, 4) is 5.75 Å². The second-order valence-electron chi connectivity index (χ2n) is 14.4. The van der Waals surface area contributed by atoms with Crippen molar-refractivity contribution < 1.29 is 24.3 Å². The smallest absolute Gasteiger partial charge is 0.256 e. The van der Waals surface area contributed by atoms with Crippen molar-refractivity contribution in [2.75, 3.05) is 26.7 Å². The third-order valence-corrected chi connectivity index (χ3v) is 10.5. The largest absolute Gasteiger partial charge is 0.508 e. The molecule has 0 radical (unpaired) electrons. The molecule has 4 heterocycles. The van der Waals surface area contributed by atoms with Crippen LogP contribution in [0, 0.1) is 0 Å². The molecule has 0 saturated carbocycles.